The van der Waals surface area contributed by atoms with E-state index in [2.05, 4.69) is 6.58 Å². The fourth-order valence-corrected chi connectivity index (χ4v) is 0.443. The second-order valence-electron chi connectivity index (χ2n) is 1.91. The van der Waals surface area contributed by atoms with Gasteiger partial charge in [-0.3, -0.25) is 9.69 Å². The molecule has 0 aromatic carbocycles. The number of aliphatic hydroxyl groups is 2. The van der Waals surface area contributed by atoms with Crippen LogP contribution >= 0.6 is 0 Å². The Labute approximate surface area is 59.4 Å². The third-order valence-corrected chi connectivity index (χ3v) is 0.994. The minimum atomic E-state index is -0.484. The van der Waals surface area contributed by atoms with Crippen LogP contribution in [0.3, 0.4) is 0 Å². The third-order valence-electron chi connectivity index (χ3n) is 0.994. The minimum absolute atomic E-state index is 0.295. The van der Waals surface area contributed by atoms with Gasteiger partial charge in [0, 0.05) is 5.57 Å². The van der Waals surface area contributed by atoms with E-state index in [9.17, 15) is 4.79 Å². The molecule has 0 heterocycles. The zero-order valence-corrected chi connectivity index (χ0v) is 5.87. The summed E-state index contributed by atoms with van der Waals surface area (Å²) in [5.74, 6) is -0.440. The lowest BCUT2D eigenvalue weighted by Gasteiger charge is -2.15. The fraction of sp³-hybridized carbons (Fsp3) is 0.500. The van der Waals surface area contributed by atoms with Crippen LogP contribution in [0.2, 0.25) is 0 Å². The van der Waals surface area contributed by atoms with Crippen molar-refractivity contribution in [1.82, 2.24) is 4.90 Å². The van der Waals surface area contributed by atoms with Crippen LogP contribution in [0.5, 0.6) is 0 Å². The average molecular weight is 145 g/mol. The lowest BCUT2D eigenvalue weighted by Crippen LogP contribution is -2.32. The molecule has 1 amide bonds. The molecule has 0 spiro atoms. The van der Waals surface area contributed by atoms with Crippen LogP contribution in [0.15, 0.2) is 12.2 Å². The van der Waals surface area contributed by atoms with Crippen molar-refractivity contribution in [2.45, 2.75) is 6.92 Å². The standard InChI is InChI=1S/C6H11NO3/c1-5(2)6(10)7(3-8)4-9/h8-9H,1,3-4H2,2H3. The summed E-state index contributed by atoms with van der Waals surface area (Å²) in [5.41, 5.74) is 0.295. The molecule has 0 bridgehead atoms. The predicted octanol–water partition coefficient (Wildman–Crippen LogP) is -0.709. The number of amides is 1. The van der Waals surface area contributed by atoms with E-state index in [-0.39, 0.29) is 0 Å². The van der Waals surface area contributed by atoms with Gasteiger partial charge in [-0.1, -0.05) is 6.58 Å². The number of nitrogens with zero attached hydrogens (tertiary/aromatic N) is 1. The van der Waals surface area contributed by atoms with Crippen molar-refractivity contribution in [2.75, 3.05) is 13.5 Å². The van der Waals surface area contributed by atoms with E-state index in [4.69, 9.17) is 10.2 Å². The first-order chi connectivity index (χ1) is 4.63. The van der Waals surface area contributed by atoms with Gasteiger partial charge >= 0.3 is 0 Å². The maximum absolute atomic E-state index is 10.8. The van der Waals surface area contributed by atoms with E-state index in [0.717, 1.165) is 4.90 Å². The number of rotatable bonds is 3. The molecule has 4 heteroatoms. The van der Waals surface area contributed by atoms with Gasteiger partial charge in [0.1, 0.15) is 13.5 Å². The maximum atomic E-state index is 10.8. The molecule has 0 fully saturated rings. The number of hydrogen-bond donors (Lipinski definition) is 2. The van der Waals surface area contributed by atoms with Gasteiger partial charge in [0.2, 0.25) is 0 Å². The van der Waals surface area contributed by atoms with Crippen LogP contribution in [-0.2, 0) is 4.79 Å². The van der Waals surface area contributed by atoms with Crippen molar-refractivity contribution in [3.05, 3.63) is 12.2 Å². The molecular weight excluding hydrogens is 134 g/mol. The highest BCUT2D eigenvalue weighted by Gasteiger charge is 2.10. The van der Waals surface area contributed by atoms with Crippen molar-refractivity contribution in [1.29, 1.82) is 0 Å². The number of hydrogen-bond acceptors (Lipinski definition) is 3. The van der Waals surface area contributed by atoms with Crippen LogP contribution in [-0.4, -0.2) is 34.5 Å². The van der Waals surface area contributed by atoms with E-state index in [1.807, 2.05) is 0 Å². The molecule has 0 aromatic rings. The molecule has 0 saturated heterocycles. The first-order valence-corrected chi connectivity index (χ1v) is 2.80. The molecule has 58 valence electrons. The normalized spacial score (nSPS) is 9.10. The Morgan fingerprint density at radius 2 is 1.90 bits per heavy atom. The van der Waals surface area contributed by atoms with Crippen molar-refractivity contribution >= 4 is 5.91 Å². The summed E-state index contributed by atoms with van der Waals surface area (Å²) < 4.78 is 0. The fourth-order valence-electron chi connectivity index (χ4n) is 0.443. The monoisotopic (exact) mass is 145 g/mol. The molecule has 4 nitrogen and oxygen atoms in total. The highest BCUT2D eigenvalue weighted by molar-refractivity contribution is 5.91. The summed E-state index contributed by atoms with van der Waals surface area (Å²) in [6, 6.07) is 0. The molecule has 10 heavy (non-hydrogen) atoms. The van der Waals surface area contributed by atoms with Crippen LogP contribution in [0.25, 0.3) is 0 Å². The molecule has 2 N–H and O–H groups in total. The Bertz CT molecular complexity index is 140. The topological polar surface area (TPSA) is 60.8 Å². The Balaban J connectivity index is 4.02. The molecule has 0 saturated carbocycles. The Morgan fingerprint density at radius 1 is 1.50 bits per heavy atom. The van der Waals surface area contributed by atoms with Gasteiger partial charge < -0.3 is 10.2 Å². The minimum Gasteiger partial charge on any atom is -0.376 e. The summed E-state index contributed by atoms with van der Waals surface area (Å²) in [4.78, 5) is 11.7. The van der Waals surface area contributed by atoms with Crippen LogP contribution in [0, 0.1) is 0 Å². The van der Waals surface area contributed by atoms with Gasteiger partial charge in [0.05, 0.1) is 0 Å². The maximum Gasteiger partial charge on any atom is 0.252 e. The summed E-state index contributed by atoms with van der Waals surface area (Å²) in [5, 5.41) is 16.9. The van der Waals surface area contributed by atoms with Gasteiger partial charge in [-0.05, 0) is 6.92 Å². The molecule has 0 rings (SSSR count). The Morgan fingerprint density at radius 3 is 2.00 bits per heavy atom. The molecule has 0 aliphatic carbocycles. The van der Waals surface area contributed by atoms with E-state index in [1.165, 1.54) is 6.92 Å². The second kappa shape index (κ2) is 4.03. The van der Waals surface area contributed by atoms with Gasteiger partial charge in [-0.2, -0.15) is 0 Å². The smallest absolute Gasteiger partial charge is 0.252 e. The highest BCUT2D eigenvalue weighted by atomic mass is 16.3. The number of carbonyl (C=O) groups is 1. The van der Waals surface area contributed by atoms with Crippen molar-refractivity contribution in [3.63, 3.8) is 0 Å². The first kappa shape index (κ1) is 9.13. The van der Waals surface area contributed by atoms with E-state index < -0.39 is 19.4 Å². The first-order valence-electron chi connectivity index (χ1n) is 2.80. The Hall–Kier alpha value is -0.870. The van der Waals surface area contributed by atoms with Crippen LogP contribution in [0.1, 0.15) is 6.92 Å². The largest absolute Gasteiger partial charge is 0.376 e. The molecule has 0 aromatic heterocycles. The summed E-state index contributed by atoms with van der Waals surface area (Å²) in [6.07, 6.45) is 0. The zero-order valence-electron chi connectivity index (χ0n) is 5.87. The van der Waals surface area contributed by atoms with Crippen molar-refractivity contribution in [2.24, 2.45) is 0 Å². The van der Waals surface area contributed by atoms with E-state index in [0.29, 0.717) is 5.57 Å². The quantitative estimate of drug-likeness (QED) is 0.407. The second-order valence-corrected chi connectivity index (χ2v) is 1.91. The summed E-state index contributed by atoms with van der Waals surface area (Å²) in [7, 11) is 0. The third kappa shape index (κ3) is 2.16. The predicted molar refractivity (Wildman–Crippen MR) is 35.8 cm³/mol. The van der Waals surface area contributed by atoms with Crippen LogP contribution < -0.4 is 0 Å². The molecule has 0 aliphatic heterocycles. The number of aliphatic hydroxyl groups excluding tert-OH is 2. The lowest BCUT2D eigenvalue weighted by atomic mass is 10.3. The molecule has 0 aliphatic rings. The van der Waals surface area contributed by atoms with E-state index >= 15 is 0 Å². The zero-order chi connectivity index (χ0) is 8.15. The van der Waals surface area contributed by atoms with Crippen molar-refractivity contribution < 1.29 is 15.0 Å². The van der Waals surface area contributed by atoms with Crippen molar-refractivity contribution in [3.8, 4) is 0 Å². The molecule has 0 atom stereocenters. The van der Waals surface area contributed by atoms with Gasteiger partial charge in [0.15, 0.2) is 0 Å². The average Bonchev–Trinajstić information content (AvgIpc) is 1.90. The summed E-state index contributed by atoms with van der Waals surface area (Å²) >= 11 is 0. The molecular formula is C6H11NO3. The van der Waals surface area contributed by atoms with E-state index in [1.54, 1.807) is 0 Å². The molecule has 0 unspecified atom stereocenters. The van der Waals surface area contributed by atoms with Gasteiger partial charge in [-0.25, -0.2) is 0 Å². The SMILES string of the molecule is C=C(C)C(=O)N(CO)CO. The Kier molecular flexibility index (Phi) is 3.68. The van der Waals surface area contributed by atoms with Gasteiger partial charge in [0.25, 0.3) is 5.91 Å². The highest BCUT2D eigenvalue weighted by Crippen LogP contribution is 1.95. The van der Waals surface area contributed by atoms with Gasteiger partial charge in [-0.15, -0.1) is 0 Å². The number of carbonyl (C=O) groups excluding carboxylic acids is 1. The molecule has 0 radical (unpaired) electrons. The summed E-state index contributed by atoms with van der Waals surface area (Å²) in [6.45, 7) is 3.91. The lowest BCUT2D eigenvalue weighted by molar-refractivity contribution is -0.135. The van der Waals surface area contributed by atoms with Crippen LogP contribution in [0.4, 0.5) is 0 Å².